The molecule has 0 spiro atoms. The van der Waals surface area contributed by atoms with Gasteiger partial charge in [-0.05, 0) is 6.92 Å². The van der Waals surface area contributed by atoms with Crippen molar-refractivity contribution in [3.8, 4) is 0 Å². The molecule has 2 saturated heterocycles. The first-order chi connectivity index (χ1) is 8.91. The van der Waals surface area contributed by atoms with Crippen LogP contribution in [0.2, 0.25) is 0 Å². The summed E-state index contributed by atoms with van der Waals surface area (Å²) in [4.78, 5) is 46.7. The first-order valence-corrected chi connectivity index (χ1v) is 7.42. The summed E-state index contributed by atoms with van der Waals surface area (Å²) in [6, 6.07) is 0. The number of carbonyl (C=O) groups excluding carboxylic acids is 4. The lowest BCUT2D eigenvalue weighted by Crippen LogP contribution is -2.38. The quantitative estimate of drug-likeness (QED) is 0.549. The molecular formula is C10H13N2O6P. The maximum absolute atomic E-state index is 12.8. The number of rotatable bonds is 4. The summed E-state index contributed by atoms with van der Waals surface area (Å²) in [5.74, 6) is -2.74. The van der Waals surface area contributed by atoms with E-state index in [0.717, 1.165) is 0 Å². The molecule has 0 aromatic rings. The number of hydrogen-bond donors (Lipinski definition) is 0. The Labute approximate surface area is 109 Å². The average molecular weight is 288 g/mol. The Morgan fingerprint density at radius 3 is 1.47 bits per heavy atom. The van der Waals surface area contributed by atoms with Crippen LogP contribution in [0.25, 0.3) is 0 Å². The molecule has 0 N–H and O–H groups in total. The van der Waals surface area contributed by atoms with Gasteiger partial charge in [-0.2, -0.15) is 9.34 Å². The molecule has 104 valence electrons. The van der Waals surface area contributed by atoms with E-state index in [9.17, 15) is 23.7 Å². The van der Waals surface area contributed by atoms with Crippen LogP contribution in [0.15, 0.2) is 0 Å². The van der Waals surface area contributed by atoms with Crippen molar-refractivity contribution in [2.45, 2.75) is 32.6 Å². The van der Waals surface area contributed by atoms with Gasteiger partial charge >= 0.3 is 7.67 Å². The van der Waals surface area contributed by atoms with Crippen LogP contribution in [-0.2, 0) is 28.3 Å². The van der Waals surface area contributed by atoms with Crippen LogP contribution in [0, 0.1) is 0 Å². The lowest BCUT2D eigenvalue weighted by Gasteiger charge is -2.30. The van der Waals surface area contributed by atoms with E-state index in [0.29, 0.717) is 9.34 Å². The topological polar surface area (TPSA) is 101 Å². The molecule has 19 heavy (non-hydrogen) atoms. The van der Waals surface area contributed by atoms with Crippen LogP contribution >= 0.6 is 7.67 Å². The predicted molar refractivity (Wildman–Crippen MR) is 61.4 cm³/mol. The first-order valence-electron chi connectivity index (χ1n) is 5.89. The summed E-state index contributed by atoms with van der Waals surface area (Å²) < 4.78 is 18.7. The number of carbonyl (C=O) groups is 4. The first kappa shape index (κ1) is 13.9. The van der Waals surface area contributed by atoms with Crippen LogP contribution in [0.5, 0.6) is 0 Å². The summed E-state index contributed by atoms with van der Waals surface area (Å²) in [5, 5.41) is 0. The van der Waals surface area contributed by atoms with Gasteiger partial charge in [0.2, 0.25) is 23.6 Å². The van der Waals surface area contributed by atoms with Crippen molar-refractivity contribution in [2.75, 3.05) is 6.61 Å². The zero-order valence-electron chi connectivity index (χ0n) is 10.3. The Morgan fingerprint density at radius 1 is 0.895 bits per heavy atom. The molecule has 2 aliphatic rings. The molecule has 0 aromatic carbocycles. The van der Waals surface area contributed by atoms with Gasteiger partial charge in [0.05, 0.1) is 6.61 Å². The van der Waals surface area contributed by atoms with Crippen molar-refractivity contribution in [3.05, 3.63) is 0 Å². The molecule has 2 heterocycles. The molecule has 2 rings (SSSR count). The maximum Gasteiger partial charge on any atom is 0.414 e. The van der Waals surface area contributed by atoms with E-state index >= 15 is 0 Å². The summed E-state index contributed by atoms with van der Waals surface area (Å²) >= 11 is 0. The highest BCUT2D eigenvalue weighted by Gasteiger charge is 2.54. The minimum Gasteiger partial charge on any atom is -0.297 e. The molecule has 8 nitrogen and oxygen atoms in total. The molecule has 9 heteroatoms. The molecule has 2 fully saturated rings. The van der Waals surface area contributed by atoms with Crippen molar-refractivity contribution in [3.63, 3.8) is 0 Å². The van der Waals surface area contributed by atoms with E-state index < -0.39 is 31.3 Å². The lowest BCUT2D eigenvalue weighted by molar-refractivity contribution is -0.135. The van der Waals surface area contributed by atoms with Crippen molar-refractivity contribution < 1.29 is 28.3 Å². The van der Waals surface area contributed by atoms with Gasteiger partial charge < -0.3 is 0 Å². The second-order valence-corrected chi connectivity index (χ2v) is 6.15. The van der Waals surface area contributed by atoms with Crippen LogP contribution in [0.1, 0.15) is 32.6 Å². The second-order valence-electron chi connectivity index (χ2n) is 4.11. The average Bonchev–Trinajstić information content (AvgIpc) is 2.83. The summed E-state index contributed by atoms with van der Waals surface area (Å²) in [6.45, 7) is 1.41. The fraction of sp³-hybridized carbons (Fsp3) is 0.600. The molecule has 2 aliphatic heterocycles. The van der Waals surface area contributed by atoms with E-state index in [1.54, 1.807) is 0 Å². The SMILES string of the molecule is CCOP(=O)(N1C(=O)CCC1=O)N1C(=O)CCC1=O. The van der Waals surface area contributed by atoms with Crippen molar-refractivity contribution >= 4 is 31.3 Å². The largest absolute Gasteiger partial charge is 0.414 e. The second kappa shape index (κ2) is 4.86. The fourth-order valence-corrected chi connectivity index (χ4v) is 4.34. The smallest absolute Gasteiger partial charge is 0.297 e. The summed E-state index contributed by atoms with van der Waals surface area (Å²) in [6.07, 6.45) is -0.365. The molecule has 0 saturated carbocycles. The number of hydrogen-bond acceptors (Lipinski definition) is 6. The number of amides is 4. The maximum atomic E-state index is 12.8. The van der Waals surface area contributed by atoms with E-state index in [2.05, 4.69) is 0 Å². The van der Waals surface area contributed by atoms with Crippen molar-refractivity contribution in [2.24, 2.45) is 0 Å². The van der Waals surface area contributed by atoms with E-state index in [4.69, 9.17) is 4.52 Å². The highest BCUT2D eigenvalue weighted by atomic mass is 31.2. The van der Waals surface area contributed by atoms with Gasteiger partial charge in [0.15, 0.2) is 0 Å². The Morgan fingerprint density at radius 2 is 1.21 bits per heavy atom. The molecular weight excluding hydrogens is 275 g/mol. The van der Waals surface area contributed by atoms with Crippen LogP contribution in [0.3, 0.4) is 0 Å². The Bertz CT molecular complexity index is 444. The molecule has 0 bridgehead atoms. The fourth-order valence-electron chi connectivity index (χ4n) is 2.07. The third-order valence-electron chi connectivity index (χ3n) is 2.85. The monoisotopic (exact) mass is 288 g/mol. The molecule has 0 radical (unpaired) electrons. The van der Waals surface area contributed by atoms with Gasteiger partial charge in [0.1, 0.15) is 0 Å². The summed E-state index contributed by atoms with van der Waals surface area (Å²) in [7, 11) is -4.27. The van der Waals surface area contributed by atoms with Gasteiger partial charge in [-0.3, -0.25) is 23.7 Å². The zero-order chi connectivity index (χ0) is 14.2. The Kier molecular flexibility index (Phi) is 3.56. The Hall–Kier alpha value is -1.53. The van der Waals surface area contributed by atoms with Gasteiger partial charge in [0.25, 0.3) is 0 Å². The highest BCUT2D eigenvalue weighted by molar-refractivity contribution is 7.57. The molecule has 0 unspecified atom stereocenters. The van der Waals surface area contributed by atoms with E-state index in [-0.39, 0.29) is 32.3 Å². The highest BCUT2D eigenvalue weighted by Crippen LogP contribution is 2.58. The number of nitrogens with zero attached hydrogens (tertiary/aromatic N) is 2. The van der Waals surface area contributed by atoms with Gasteiger partial charge in [-0.25, -0.2) is 4.57 Å². The summed E-state index contributed by atoms with van der Waals surface area (Å²) in [5.41, 5.74) is 0. The number of imide groups is 2. The van der Waals surface area contributed by atoms with Crippen molar-refractivity contribution in [1.82, 2.24) is 9.34 Å². The minimum absolute atomic E-state index is 0.0912. The zero-order valence-corrected chi connectivity index (χ0v) is 11.2. The standard InChI is InChI=1S/C10H13N2O6P/c1-2-18-19(17,11-7(13)3-4-8(11)14)12-9(15)5-6-10(12)16/h2-6H2,1H3. The van der Waals surface area contributed by atoms with Crippen molar-refractivity contribution in [1.29, 1.82) is 0 Å². The van der Waals surface area contributed by atoms with Crippen LogP contribution in [-0.4, -0.2) is 39.6 Å². The van der Waals surface area contributed by atoms with E-state index in [1.807, 2.05) is 0 Å². The molecule has 0 aromatic heterocycles. The lowest BCUT2D eigenvalue weighted by atomic mass is 10.4. The van der Waals surface area contributed by atoms with E-state index in [1.165, 1.54) is 6.92 Å². The van der Waals surface area contributed by atoms with Gasteiger partial charge in [-0.15, -0.1) is 0 Å². The Balaban J connectivity index is 2.45. The predicted octanol–water partition coefficient (Wildman–Crippen LogP) is 0.429. The molecule has 0 aliphatic carbocycles. The molecule has 0 atom stereocenters. The van der Waals surface area contributed by atoms with Crippen LogP contribution < -0.4 is 0 Å². The third-order valence-corrected chi connectivity index (χ3v) is 5.35. The van der Waals surface area contributed by atoms with Crippen LogP contribution in [0.4, 0.5) is 0 Å². The normalized spacial score (nSPS) is 20.9. The van der Waals surface area contributed by atoms with Gasteiger partial charge in [0, 0.05) is 25.7 Å². The third kappa shape index (κ3) is 2.11. The minimum atomic E-state index is -4.27. The molecule has 4 amide bonds. The van der Waals surface area contributed by atoms with Gasteiger partial charge in [-0.1, -0.05) is 0 Å².